The predicted octanol–water partition coefficient (Wildman–Crippen LogP) is 3.85. The molecule has 150 valence electrons. The van der Waals surface area contributed by atoms with Crippen LogP contribution in [0.2, 0.25) is 0 Å². The van der Waals surface area contributed by atoms with E-state index in [4.69, 9.17) is 14.2 Å². The highest BCUT2D eigenvalue weighted by Crippen LogP contribution is 2.32. The minimum absolute atomic E-state index is 0.248. The fourth-order valence-corrected chi connectivity index (χ4v) is 3.99. The van der Waals surface area contributed by atoms with Crippen molar-refractivity contribution < 1.29 is 28.2 Å². The number of fused-ring (bicyclic) bond motifs is 2. The number of hydrogen-bond donors (Lipinski definition) is 1. The first-order chi connectivity index (χ1) is 14.0. The van der Waals surface area contributed by atoms with E-state index in [1.807, 2.05) is 19.1 Å². The van der Waals surface area contributed by atoms with E-state index < -0.39 is 24.3 Å². The molecule has 0 unspecified atom stereocenters. The highest BCUT2D eigenvalue weighted by Gasteiger charge is 2.18. The van der Waals surface area contributed by atoms with Gasteiger partial charge in [0, 0.05) is 10.1 Å². The van der Waals surface area contributed by atoms with Crippen LogP contribution < -0.4 is 14.8 Å². The van der Waals surface area contributed by atoms with Gasteiger partial charge in [-0.25, -0.2) is 9.18 Å². The number of halogens is 1. The molecule has 0 spiro atoms. The Labute approximate surface area is 170 Å². The summed E-state index contributed by atoms with van der Waals surface area (Å²) < 4.78 is 30.5. The van der Waals surface area contributed by atoms with Gasteiger partial charge < -0.3 is 19.5 Å². The molecule has 6 nitrogen and oxygen atoms in total. The summed E-state index contributed by atoms with van der Waals surface area (Å²) >= 11 is 1.12. The van der Waals surface area contributed by atoms with Crippen molar-refractivity contribution in [2.75, 3.05) is 19.8 Å². The summed E-state index contributed by atoms with van der Waals surface area (Å²) in [4.78, 5) is 24.6. The van der Waals surface area contributed by atoms with E-state index in [1.54, 1.807) is 18.2 Å². The Morgan fingerprint density at radius 1 is 1.17 bits per heavy atom. The Morgan fingerprint density at radius 2 is 1.97 bits per heavy atom. The maximum absolute atomic E-state index is 13.8. The molecule has 1 aliphatic heterocycles. The molecule has 29 heavy (non-hydrogen) atoms. The molecule has 3 aromatic rings. The minimum atomic E-state index is -0.660. The molecule has 0 aliphatic carbocycles. The van der Waals surface area contributed by atoms with E-state index >= 15 is 0 Å². The molecule has 4 rings (SSSR count). The Kier molecular flexibility index (Phi) is 5.35. The number of amides is 1. The van der Waals surface area contributed by atoms with Crippen LogP contribution in [0.4, 0.5) is 4.39 Å². The van der Waals surface area contributed by atoms with Crippen LogP contribution in [0.5, 0.6) is 11.5 Å². The zero-order valence-corrected chi connectivity index (χ0v) is 16.4. The van der Waals surface area contributed by atoms with Crippen molar-refractivity contribution in [2.45, 2.75) is 13.0 Å². The number of rotatable bonds is 5. The van der Waals surface area contributed by atoms with Gasteiger partial charge in [0.2, 0.25) is 0 Å². The Morgan fingerprint density at radius 3 is 2.76 bits per heavy atom. The third-order valence-electron chi connectivity index (χ3n) is 4.49. The minimum Gasteiger partial charge on any atom is -0.486 e. The molecule has 8 heteroatoms. The third-order valence-corrected chi connectivity index (χ3v) is 5.57. The van der Waals surface area contributed by atoms with E-state index in [9.17, 15) is 14.0 Å². The normalized spacial score (nSPS) is 13.7. The molecule has 1 aliphatic rings. The number of carbonyl (C=O) groups is 2. The van der Waals surface area contributed by atoms with Gasteiger partial charge in [0.1, 0.15) is 23.9 Å². The second-order valence-electron chi connectivity index (χ2n) is 6.53. The van der Waals surface area contributed by atoms with E-state index in [1.165, 1.54) is 12.1 Å². The standard InChI is InChI=1S/C21H18FNO5S/c1-12(13-5-6-16-17(9-13)27-8-7-26-16)23-20(24)11-28-21(25)19-10-14-15(22)3-2-4-18(14)29-19/h2-6,9-10,12H,7-8,11H2,1H3,(H,23,24)/t12-/m0/s1. The van der Waals surface area contributed by atoms with Crippen molar-refractivity contribution in [3.8, 4) is 11.5 Å². The van der Waals surface area contributed by atoms with Crippen LogP contribution in [0.25, 0.3) is 10.1 Å². The fourth-order valence-electron chi connectivity index (χ4n) is 3.02. The number of hydrogen-bond acceptors (Lipinski definition) is 6. The molecule has 2 aromatic carbocycles. The van der Waals surface area contributed by atoms with Crippen LogP contribution in [-0.4, -0.2) is 31.7 Å². The first kappa shape index (κ1) is 19.2. The summed E-state index contributed by atoms with van der Waals surface area (Å²) in [5, 5.41) is 3.14. The van der Waals surface area contributed by atoms with Gasteiger partial charge >= 0.3 is 5.97 Å². The van der Waals surface area contributed by atoms with Gasteiger partial charge in [-0.15, -0.1) is 11.3 Å². The van der Waals surface area contributed by atoms with Crippen molar-refractivity contribution in [1.82, 2.24) is 5.32 Å². The van der Waals surface area contributed by atoms with Crippen LogP contribution in [0.1, 0.15) is 28.2 Å². The number of esters is 1. The van der Waals surface area contributed by atoms with Crippen LogP contribution in [0.15, 0.2) is 42.5 Å². The van der Waals surface area contributed by atoms with Crippen LogP contribution in [0, 0.1) is 5.82 Å². The smallest absolute Gasteiger partial charge is 0.348 e. The van der Waals surface area contributed by atoms with Gasteiger partial charge in [0.05, 0.1) is 6.04 Å². The lowest BCUT2D eigenvalue weighted by Crippen LogP contribution is -2.31. The number of nitrogens with one attached hydrogen (secondary N) is 1. The lowest BCUT2D eigenvalue weighted by atomic mass is 10.1. The summed E-state index contributed by atoms with van der Waals surface area (Å²) in [5.41, 5.74) is 0.842. The average molecular weight is 415 g/mol. The lowest BCUT2D eigenvalue weighted by Gasteiger charge is -2.21. The average Bonchev–Trinajstić information content (AvgIpc) is 3.17. The van der Waals surface area contributed by atoms with Gasteiger partial charge in [0.25, 0.3) is 5.91 Å². The van der Waals surface area contributed by atoms with E-state index in [2.05, 4.69) is 5.32 Å². The molecule has 0 radical (unpaired) electrons. The van der Waals surface area contributed by atoms with Crippen molar-refractivity contribution >= 4 is 33.3 Å². The van der Waals surface area contributed by atoms with E-state index in [0.717, 1.165) is 16.9 Å². The number of benzene rings is 2. The van der Waals surface area contributed by atoms with Crippen LogP contribution >= 0.6 is 11.3 Å². The van der Waals surface area contributed by atoms with E-state index in [0.29, 0.717) is 34.8 Å². The number of carbonyl (C=O) groups excluding carboxylic acids is 2. The van der Waals surface area contributed by atoms with Crippen molar-refractivity contribution in [1.29, 1.82) is 0 Å². The van der Waals surface area contributed by atoms with Crippen molar-refractivity contribution in [3.05, 3.63) is 58.7 Å². The zero-order valence-electron chi connectivity index (χ0n) is 15.6. The third kappa shape index (κ3) is 4.17. The highest BCUT2D eigenvalue weighted by atomic mass is 32.1. The summed E-state index contributed by atoms with van der Waals surface area (Å²) in [7, 11) is 0. The molecule has 1 aromatic heterocycles. The molecular formula is C21H18FNO5S. The number of ether oxygens (including phenoxy) is 3. The molecule has 0 saturated heterocycles. The first-order valence-corrected chi connectivity index (χ1v) is 9.87. The molecular weight excluding hydrogens is 397 g/mol. The quantitative estimate of drug-likeness (QED) is 0.641. The molecule has 1 atom stereocenters. The Balaban J connectivity index is 1.34. The Bertz CT molecular complexity index is 1080. The molecule has 2 heterocycles. The maximum Gasteiger partial charge on any atom is 0.348 e. The van der Waals surface area contributed by atoms with E-state index in [-0.39, 0.29) is 10.9 Å². The lowest BCUT2D eigenvalue weighted by molar-refractivity contribution is -0.124. The second kappa shape index (κ2) is 8.08. The van der Waals surface area contributed by atoms with Crippen LogP contribution in [0.3, 0.4) is 0 Å². The first-order valence-electron chi connectivity index (χ1n) is 9.05. The summed E-state index contributed by atoms with van der Waals surface area (Å²) in [6.07, 6.45) is 0. The molecule has 1 amide bonds. The Hall–Kier alpha value is -3.13. The predicted molar refractivity (Wildman–Crippen MR) is 106 cm³/mol. The summed E-state index contributed by atoms with van der Waals surface area (Å²) in [6.45, 7) is 2.38. The van der Waals surface area contributed by atoms with Crippen LogP contribution in [-0.2, 0) is 9.53 Å². The monoisotopic (exact) mass is 415 g/mol. The summed E-state index contributed by atoms with van der Waals surface area (Å²) in [6, 6.07) is 11.2. The van der Waals surface area contributed by atoms with Crippen molar-refractivity contribution in [2.24, 2.45) is 0 Å². The molecule has 0 saturated carbocycles. The van der Waals surface area contributed by atoms with Gasteiger partial charge in [0.15, 0.2) is 18.1 Å². The van der Waals surface area contributed by atoms with Crippen molar-refractivity contribution in [3.63, 3.8) is 0 Å². The highest BCUT2D eigenvalue weighted by molar-refractivity contribution is 7.20. The van der Waals surface area contributed by atoms with Gasteiger partial charge in [-0.3, -0.25) is 4.79 Å². The van der Waals surface area contributed by atoms with Gasteiger partial charge in [-0.05, 0) is 42.8 Å². The second-order valence-corrected chi connectivity index (χ2v) is 7.61. The molecule has 0 bridgehead atoms. The fraction of sp³-hybridized carbons (Fsp3) is 0.238. The van der Waals surface area contributed by atoms with Gasteiger partial charge in [-0.1, -0.05) is 12.1 Å². The summed E-state index contributed by atoms with van der Waals surface area (Å²) in [5.74, 6) is -0.185. The molecule has 1 N–H and O–H groups in total. The number of thiophene rings is 1. The maximum atomic E-state index is 13.8. The zero-order chi connectivity index (χ0) is 20.4. The largest absolute Gasteiger partial charge is 0.486 e. The topological polar surface area (TPSA) is 73.9 Å². The SMILES string of the molecule is C[C@H](NC(=O)COC(=O)c1cc2c(F)cccc2s1)c1ccc2c(c1)OCCO2. The molecule has 0 fully saturated rings. The van der Waals surface area contributed by atoms with Gasteiger partial charge in [-0.2, -0.15) is 0 Å².